The van der Waals surface area contributed by atoms with Gasteiger partial charge in [-0.15, -0.1) is 0 Å². The van der Waals surface area contributed by atoms with Crippen molar-refractivity contribution < 1.29 is 4.79 Å². The second-order valence-corrected chi connectivity index (χ2v) is 22.3. The van der Waals surface area contributed by atoms with Crippen molar-refractivity contribution in [3.05, 3.63) is 11.6 Å². The smallest absolute Gasteiger partial charge is 0.220 e. The summed E-state index contributed by atoms with van der Waals surface area (Å²) in [7, 11) is 4.16. The van der Waals surface area contributed by atoms with Gasteiger partial charge < -0.3 is 10.2 Å². The van der Waals surface area contributed by atoms with E-state index in [1.165, 1.54) is 289 Å². The van der Waals surface area contributed by atoms with Crippen LogP contribution in [0.2, 0.25) is 0 Å². The molecule has 0 aromatic heterocycles. The predicted molar refractivity (Wildman–Crippen MR) is 295 cm³/mol. The van der Waals surface area contributed by atoms with Crippen LogP contribution in [0.3, 0.4) is 0 Å². The van der Waals surface area contributed by atoms with Crippen LogP contribution >= 0.6 is 0 Å². The first kappa shape index (κ1) is 64.2. The number of hydrogen-bond acceptors (Lipinski definition) is 2. The second kappa shape index (κ2) is 52.5. The van der Waals surface area contributed by atoms with Crippen molar-refractivity contribution in [1.82, 2.24) is 10.2 Å². The average molecular weight is 914 g/mol. The van der Waals surface area contributed by atoms with Gasteiger partial charge in [0.15, 0.2) is 0 Å². The van der Waals surface area contributed by atoms with Gasteiger partial charge in [-0.3, -0.25) is 4.79 Å². The van der Waals surface area contributed by atoms with E-state index in [4.69, 9.17) is 0 Å². The maximum absolute atomic E-state index is 12.4. The quantitative estimate of drug-likeness (QED) is 0.0487. The third kappa shape index (κ3) is 50.9. The summed E-state index contributed by atoms with van der Waals surface area (Å²) in [5.41, 5.74) is 1.74. The third-order valence-corrected chi connectivity index (χ3v) is 14.8. The highest BCUT2D eigenvalue weighted by Gasteiger charge is 2.12. The zero-order valence-electron chi connectivity index (χ0n) is 46.3. The topological polar surface area (TPSA) is 32.3 Å². The predicted octanol–water partition coefficient (Wildman–Crippen LogP) is 20.9. The minimum atomic E-state index is 0.221. The van der Waals surface area contributed by atoms with Gasteiger partial charge in [-0.2, -0.15) is 0 Å². The Kier molecular flexibility index (Phi) is 51.9. The van der Waals surface area contributed by atoms with Crippen molar-refractivity contribution in [3.63, 3.8) is 0 Å². The second-order valence-electron chi connectivity index (χ2n) is 22.3. The number of unbranched alkanes of at least 4 members (excludes halogenated alkanes) is 35. The molecule has 0 rings (SSSR count). The van der Waals surface area contributed by atoms with Gasteiger partial charge in [-0.25, -0.2) is 0 Å². The van der Waals surface area contributed by atoms with Crippen molar-refractivity contribution >= 4 is 5.91 Å². The molecule has 0 heterocycles. The lowest BCUT2D eigenvalue weighted by Gasteiger charge is -2.18. The van der Waals surface area contributed by atoms with Gasteiger partial charge in [0.05, 0.1) is 0 Å². The van der Waals surface area contributed by atoms with E-state index in [-0.39, 0.29) is 5.91 Å². The number of amides is 1. The first-order valence-electron chi connectivity index (χ1n) is 30.4. The van der Waals surface area contributed by atoms with Crippen molar-refractivity contribution in [2.75, 3.05) is 27.2 Å². The van der Waals surface area contributed by atoms with E-state index in [0.29, 0.717) is 18.3 Å². The number of nitrogens with zero attached hydrogens (tertiary/aromatic N) is 1. The van der Waals surface area contributed by atoms with Gasteiger partial charge in [0.2, 0.25) is 5.91 Å². The van der Waals surface area contributed by atoms with E-state index in [2.05, 4.69) is 65.0 Å². The van der Waals surface area contributed by atoms with Gasteiger partial charge in [-0.05, 0) is 76.9 Å². The summed E-state index contributed by atoms with van der Waals surface area (Å²) < 4.78 is 0. The number of rotatable bonds is 54. The van der Waals surface area contributed by atoms with Crippen LogP contribution in [-0.2, 0) is 4.79 Å². The SMILES string of the molecule is CCCCCCCCCCCCCCCCCCC(=CC(C)CC(C)CNC(=O)CCCN(C)C)CCCCCCCCC(CCCCCCCCCC)CCCCCCCCCCC. The molecule has 65 heavy (non-hydrogen) atoms. The molecule has 0 aromatic carbocycles. The van der Waals surface area contributed by atoms with Crippen LogP contribution in [-0.4, -0.2) is 38.0 Å². The molecule has 0 saturated heterocycles. The molecule has 0 spiro atoms. The number of nitrogens with one attached hydrogen (secondary N) is 1. The zero-order valence-corrected chi connectivity index (χ0v) is 46.3. The first-order chi connectivity index (χ1) is 31.8. The van der Waals surface area contributed by atoms with Crippen LogP contribution in [0.1, 0.15) is 336 Å². The normalized spacial score (nSPS) is 13.5. The minimum absolute atomic E-state index is 0.221. The lowest BCUT2D eigenvalue weighted by atomic mass is 9.89. The van der Waals surface area contributed by atoms with Gasteiger partial charge in [0, 0.05) is 13.0 Å². The monoisotopic (exact) mass is 913 g/mol. The Bertz CT molecular complexity index is 958. The molecule has 1 N–H and O–H groups in total. The van der Waals surface area contributed by atoms with Gasteiger partial charge >= 0.3 is 0 Å². The maximum Gasteiger partial charge on any atom is 0.220 e. The van der Waals surface area contributed by atoms with Crippen LogP contribution < -0.4 is 5.32 Å². The van der Waals surface area contributed by atoms with E-state index in [1.54, 1.807) is 5.57 Å². The molecule has 1 amide bonds. The van der Waals surface area contributed by atoms with Crippen molar-refractivity contribution in [2.24, 2.45) is 17.8 Å². The Morgan fingerprint density at radius 3 is 1.05 bits per heavy atom. The molecular weight excluding hydrogens is 789 g/mol. The fourth-order valence-corrected chi connectivity index (χ4v) is 10.5. The average Bonchev–Trinajstić information content (AvgIpc) is 3.28. The van der Waals surface area contributed by atoms with Crippen molar-refractivity contribution in [1.29, 1.82) is 0 Å². The van der Waals surface area contributed by atoms with E-state index in [1.807, 2.05) is 0 Å². The van der Waals surface area contributed by atoms with Crippen LogP contribution in [0, 0.1) is 17.8 Å². The van der Waals surface area contributed by atoms with E-state index < -0.39 is 0 Å². The Balaban J connectivity index is 4.70. The highest BCUT2D eigenvalue weighted by atomic mass is 16.1. The lowest BCUT2D eigenvalue weighted by molar-refractivity contribution is -0.121. The summed E-state index contributed by atoms with van der Waals surface area (Å²) in [6.45, 7) is 13.5. The molecule has 388 valence electrons. The molecule has 0 aliphatic heterocycles. The molecule has 0 aliphatic rings. The van der Waals surface area contributed by atoms with Crippen molar-refractivity contribution in [3.8, 4) is 0 Å². The van der Waals surface area contributed by atoms with Crippen LogP contribution in [0.4, 0.5) is 0 Å². The standard InChI is InChI=1S/C62H124N2O/c1-8-11-14-17-20-23-24-25-26-27-28-29-31-34-40-45-51-61(56-58(4)55-59(5)57-63-62(65)53-47-54-64(6)7)52-46-41-36-35-39-44-50-60(48-42-37-32-22-19-16-13-10-3)49-43-38-33-30-21-18-15-12-9-2/h56,58-60H,8-55,57H2,1-7H3,(H,63,65). The molecule has 0 aromatic rings. The fourth-order valence-electron chi connectivity index (χ4n) is 10.5. The third-order valence-electron chi connectivity index (χ3n) is 14.8. The highest BCUT2D eigenvalue weighted by Crippen LogP contribution is 2.27. The molecule has 0 aliphatic carbocycles. The van der Waals surface area contributed by atoms with Gasteiger partial charge in [-0.1, -0.05) is 303 Å². The number of carbonyl (C=O) groups is 1. The lowest BCUT2D eigenvalue weighted by Crippen LogP contribution is -2.29. The molecule has 0 saturated carbocycles. The van der Waals surface area contributed by atoms with Gasteiger partial charge in [0.25, 0.3) is 0 Å². The molecular formula is C62H124N2O. The van der Waals surface area contributed by atoms with E-state index >= 15 is 0 Å². The summed E-state index contributed by atoms with van der Waals surface area (Å²) in [5, 5.41) is 3.23. The Hall–Kier alpha value is -0.830. The Labute approximate surface area is 412 Å². The minimum Gasteiger partial charge on any atom is -0.356 e. The zero-order chi connectivity index (χ0) is 47.5. The highest BCUT2D eigenvalue weighted by molar-refractivity contribution is 5.75. The van der Waals surface area contributed by atoms with Crippen LogP contribution in [0.15, 0.2) is 11.6 Å². The summed E-state index contributed by atoms with van der Waals surface area (Å²) in [5.74, 6) is 2.31. The Morgan fingerprint density at radius 1 is 0.415 bits per heavy atom. The molecule has 3 unspecified atom stereocenters. The van der Waals surface area contributed by atoms with Crippen LogP contribution in [0.5, 0.6) is 0 Å². The molecule has 0 fully saturated rings. The molecule has 0 radical (unpaired) electrons. The van der Waals surface area contributed by atoms with E-state index in [0.717, 1.165) is 25.4 Å². The largest absolute Gasteiger partial charge is 0.356 e. The van der Waals surface area contributed by atoms with Crippen molar-refractivity contribution in [2.45, 2.75) is 336 Å². The number of allylic oxidation sites excluding steroid dienone is 2. The summed E-state index contributed by atoms with van der Waals surface area (Å²) in [6, 6.07) is 0. The maximum atomic E-state index is 12.4. The fraction of sp³-hybridized carbons (Fsp3) is 0.952. The number of carbonyl (C=O) groups excluding carboxylic acids is 1. The first-order valence-corrected chi connectivity index (χ1v) is 30.4. The molecule has 0 bridgehead atoms. The Morgan fingerprint density at radius 2 is 0.723 bits per heavy atom. The van der Waals surface area contributed by atoms with Gasteiger partial charge in [0.1, 0.15) is 0 Å². The van der Waals surface area contributed by atoms with Crippen LogP contribution in [0.25, 0.3) is 0 Å². The number of hydrogen-bond donors (Lipinski definition) is 1. The summed E-state index contributed by atoms with van der Waals surface area (Å²) in [6.07, 6.45) is 68.8. The summed E-state index contributed by atoms with van der Waals surface area (Å²) in [4.78, 5) is 14.6. The molecule has 3 nitrogen and oxygen atoms in total. The summed E-state index contributed by atoms with van der Waals surface area (Å²) >= 11 is 0. The molecule has 3 heteroatoms. The molecule has 3 atom stereocenters. The van der Waals surface area contributed by atoms with E-state index in [9.17, 15) is 4.79 Å².